The first-order valence-corrected chi connectivity index (χ1v) is 8.71. The van der Waals surface area contributed by atoms with Gasteiger partial charge in [0.25, 0.3) is 0 Å². The molecule has 3 aromatic rings. The van der Waals surface area contributed by atoms with E-state index in [0.717, 1.165) is 36.5 Å². The van der Waals surface area contributed by atoms with Gasteiger partial charge in [0.2, 0.25) is 5.91 Å². The molecule has 0 spiro atoms. The van der Waals surface area contributed by atoms with Crippen LogP contribution in [0.3, 0.4) is 0 Å². The Morgan fingerprint density at radius 2 is 1.92 bits per heavy atom. The number of amides is 1. The molecule has 128 valence electrons. The molecule has 1 aliphatic heterocycles. The highest BCUT2D eigenvalue weighted by Crippen LogP contribution is 2.23. The van der Waals surface area contributed by atoms with E-state index in [1.807, 2.05) is 58.9 Å². The minimum atomic E-state index is 0.0811. The zero-order valence-corrected chi connectivity index (χ0v) is 14.4. The first kappa shape index (κ1) is 15.8. The predicted molar refractivity (Wildman–Crippen MR) is 98.2 cm³/mol. The number of aromatic nitrogens is 2. The van der Waals surface area contributed by atoms with Crippen molar-refractivity contribution in [2.75, 3.05) is 19.6 Å². The summed E-state index contributed by atoms with van der Waals surface area (Å²) in [6.07, 6.45) is 0. The average Bonchev–Trinajstić information content (AvgIpc) is 2.98. The van der Waals surface area contributed by atoms with Gasteiger partial charge in [-0.1, -0.05) is 42.5 Å². The number of carbonyl (C=O) groups is 1. The maximum Gasteiger partial charge on any atom is 0.243 e. The van der Waals surface area contributed by atoms with Crippen molar-refractivity contribution in [3.8, 4) is 0 Å². The lowest BCUT2D eigenvalue weighted by Gasteiger charge is -2.36. The lowest BCUT2D eigenvalue weighted by atomic mass is 10.0. The molecule has 0 radical (unpaired) electrons. The van der Waals surface area contributed by atoms with Crippen LogP contribution in [-0.2, 0) is 11.3 Å². The number of hydrogen-bond acceptors (Lipinski definition) is 3. The van der Waals surface area contributed by atoms with Crippen LogP contribution in [0.4, 0.5) is 0 Å². The van der Waals surface area contributed by atoms with E-state index in [1.54, 1.807) is 0 Å². The second-order valence-corrected chi connectivity index (χ2v) is 6.45. The molecule has 1 aliphatic rings. The maximum absolute atomic E-state index is 13.1. The summed E-state index contributed by atoms with van der Waals surface area (Å²) in [6.45, 7) is 4.64. The molecule has 5 nitrogen and oxygen atoms in total. The minimum absolute atomic E-state index is 0.0811. The van der Waals surface area contributed by atoms with Crippen LogP contribution in [0.15, 0.2) is 54.6 Å². The van der Waals surface area contributed by atoms with Gasteiger partial charge in [0.05, 0.1) is 17.1 Å². The van der Waals surface area contributed by atoms with E-state index in [9.17, 15) is 4.79 Å². The summed E-state index contributed by atoms with van der Waals surface area (Å²) >= 11 is 0. The summed E-state index contributed by atoms with van der Waals surface area (Å²) in [5, 5.41) is 3.41. The standard InChI is InChI=1S/C20H22N4O/c1-15-22-17-9-5-6-10-18(17)24(15)14-20(25)23-12-11-21-13-19(23)16-7-3-2-4-8-16/h2-10,19,21H,11-14H2,1H3. The maximum atomic E-state index is 13.1. The molecule has 1 saturated heterocycles. The normalized spacial score (nSPS) is 17.8. The topological polar surface area (TPSA) is 50.2 Å². The summed E-state index contributed by atoms with van der Waals surface area (Å²) < 4.78 is 2.02. The van der Waals surface area contributed by atoms with Gasteiger partial charge in [0.15, 0.2) is 0 Å². The molecule has 0 bridgehead atoms. The first-order chi connectivity index (χ1) is 12.2. The molecule has 0 aliphatic carbocycles. The van der Waals surface area contributed by atoms with Crippen LogP contribution in [0.2, 0.25) is 0 Å². The van der Waals surface area contributed by atoms with Crippen molar-refractivity contribution >= 4 is 16.9 Å². The van der Waals surface area contributed by atoms with Gasteiger partial charge in [-0.2, -0.15) is 0 Å². The van der Waals surface area contributed by atoms with Gasteiger partial charge >= 0.3 is 0 Å². The fraction of sp³-hybridized carbons (Fsp3) is 0.300. The molecule has 5 heteroatoms. The highest BCUT2D eigenvalue weighted by molar-refractivity contribution is 5.81. The molecule has 4 rings (SSSR count). The molecule has 1 amide bonds. The number of aryl methyl sites for hydroxylation is 1. The molecule has 1 N–H and O–H groups in total. The summed E-state index contributed by atoms with van der Waals surface area (Å²) in [4.78, 5) is 19.7. The smallest absolute Gasteiger partial charge is 0.243 e. The van der Waals surface area contributed by atoms with Crippen LogP contribution in [-0.4, -0.2) is 40.0 Å². The number of rotatable bonds is 3. The Hall–Kier alpha value is -2.66. The minimum Gasteiger partial charge on any atom is -0.332 e. The summed E-state index contributed by atoms with van der Waals surface area (Å²) in [7, 11) is 0. The van der Waals surface area contributed by atoms with E-state index >= 15 is 0 Å². The van der Waals surface area contributed by atoms with Crippen LogP contribution in [0.1, 0.15) is 17.4 Å². The second-order valence-electron chi connectivity index (χ2n) is 6.45. The number of hydrogen-bond donors (Lipinski definition) is 1. The first-order valence-electron chi connectivity index (χ1n) is 8.71. The average molecular weight is 334 g/mol. The van der Waals surface area contributed by atoms with E-state index in [0.29, 0.717) is 6.54 Å². The number of carbonyl (C=O) groups excluding carboxylic acids is 1. The monoisotopic (exact) mass is 334 g/mol. The van der Waals surface area contributed by atoms with E-state index < -0.39 is 0 Å². The zero-order valence-electron chi connectivity index (χ0n) is 14.4. The van der Waals surface area contributed by atoms with Crippen molar-refractivity contribution in [2.24, 2.45) is 0 Å². The molecular formula is C20H22N4O. The highest BCUT2D eigenvalue weighted by atomic mass is 16.2. The molecule has 1 aromatic heterocycles. The molecule has 25 heavy (non-hydrogen) atoms. The number of benzene rings is 2. The summed E-state index contributed by atoms with van der Waals surface area (Å²) in [5.41, 5.74) is 3.13. The third-order valence-corrected chi connectivity index (χ3v) is 4.89. The van der Waals surface area contributed by atoms with Crippen molar-refractivity contribution < 1.29 is 4.79 Å². The van der Waals surface area contributed by atoms with Gasteiger partial charge in [-0.15, -0.1) is 0 Å². The molecule has 1 fully saturated rings. The number of para-hydroxylation sites is 2. The van der Waals surface area contributed by atoms with E-state index in [2.05, 4.69) is 22.4 Å². The lowest BCUT2D eigenvalue weighted by Crippen LogP contribution is -2.49. The zero-order chi connectivity index (χ0) is 17.2. The van der Waals surface area contributed by atoms with Crippen molar-refractivity contribution in [3.05, 3.63) is 66.0 Å². The third-order valence-electron chi connectivity index (χ3n) is 4.89. The van der Waals surface area contributed by atoms with Crippen molar-refractivity contribution in [1.82, 2.24) is 19.8 Å². The SMILES string of the molecule is Cc1nc2ccccc2n1CC(=O)N1CCNCC1c1ccccc1. The number of nitrogens with zero attached hydrogens (tertiary/aromatic N) is 3. The van der Waals surface area contributed by atoms with E-state index in [1.165, 1.54) is 5.56 Å². The number of imidazole rings is 1. The van der Waals surface area contributed by atoms with Gasteiger partial charge in [-0.25, -0.2) is 4.98 Å². The van der Waals surface area contributed by atoms with Crippen molar-refractivity contribution in [3.63, 3.8) is 0 Å². The summed E-state index contributed by atoms with van der Waals surface area (Å²) in [6, 6.07) is 18.3. The summed E-state index contributed by atoms with van der Waals surface area (Å²) in [5.74, 6) is 1.02. The Labute approximate surface area is 147 Å². The molecule has 1 atom stereocenters. The van der Waals surface area contributed by atoms with Crippen LogP contribution in [0.5, 0.6) is 0 Å². The molecule has 0 saturated carbocycles. The Morgan fingerprint density at radius 3 is 2.76 bits per heavy atom. The van der Waals surface area contributed by atoms with Gasteiger partial charge in [-0.05, 0) is 24.6 Å². The quantitative estimate of drug-likeness (QED) is 0.801. The molecule has 2 aromatic carbocycles. The predicted octanol–water partition coefficient (Wildman–Crippen LogP) is 2.52. The fourth-order valence-electron chi connectivity index (χ4n) is 3.60. The Balaban J connectivity index is 1.61. The van der Waals surface area contributed by atoms with Crippen LogP contribution < -0.4 is 5.32 Å². The Morgan fingerprint density at radius 1 is 1.16 bits per heavy atom. The van der Waals surface area contributed by atoms with Gasteiger partial charge in [0.1, 0.15) is 12.4 Å². The van der Waals surface area contributed by atoms with Crippen LogP contribution >= 0.6 is 0 Å². The molecule has 2 heterocycles. The Bertz CT molecular complexity index is 887. The van der Waals surface area contributed by atoms with E-state index in [4.69, 9.17) is 0 Å². The number of nitrogens with one attached hydrogen (secondary N) is 1. The number of piperazine rings is 1. The Kier molecular flexibility index (Phi) is 4.24. The third kappa shape index (κ3) is 3.03. The second kappa shape index (κ2) is 6.69. The molecule has 1 unspecified atom stereocenters. The van der Waals surface area contributed by atoms with Crippen LogP contribution in [0, 0.1) is 6.92 Å². The lowest BCUT2D eigenvalue weighted by molar-refractivity contribution is -0.135. The van der Waals surface area contributed by atoms with Gasteiger partial charge in [0, 0.05) is 19.6 Å². The van der Waals surface area contributed by atoms with E-state index in [-0.39, 0.29) is 11.9 Å². The molecular weight excluding hydrogens is 312 g/mol. The van der Waals surface area contributed by atoms with Gasteiger partial charge in [-0.3, -0.25) is 4.79 Å². The number of fused-ring (bicyclic) bond motifs is 1. The fourth-order valence-corrected chi connectivity index (χ4v) is 3.60. The largest absolute Gasteiger partial charge is 0.332 e. The van der Waals surface area contributed by atoms with Crippen molar-refractivity contribution in [1.29, 1.82) is 0 Å². The van der Waals surface area contributed by atoms with Crippen molar-refractivity contribution in [2.45, 2.75) is 19.5 Å². The highest BCUT2D eigenvalue weighted by Gasteiger charge is 2.28. The van der Waals surface area contributed by atoms with Crippen LogP contribution in [0.25, 0.3) is 11.0 Å². The van der Waals surface area contributed by atoms with Gasteiger partial charge < -0.3 is 14.8 Å².